The van der Waals surface area contributed by atoms with Gasteiger partial charge in [0, 0.05) is 28.7 Å². The van der Waals surface area contributed by atoms with Gasteiger partial charge in [0.2, 0.25) is 5.56 Å². The normalized spacial score (nSPS) is 16.6. The van der Waals surface area contributed by atoms with Crippen LogP contribution < -0.4 is 10.5 Å². The van der Waals surface area contributed by atoms with Crippen LogP contribution in [-0.2, 0) is 6.42 Å². The number of anilines is 1. The Labute approximate surface area is 133 Å². The van der Waals surface area contributed by atoms with E-state index in [9.17, 15) is 9.59 Å². The van der Waals surface area contributed by atoms with Gasteiger partial charge < -0.3 is 9.88 Å². The first-order valence-corrected chi connectivity index (χ1v) is 7.68. The number of nitrogens with zero attached hydrogens (tertiary/aromatic N) is 1. The molecule has 0 saturated carbocycles. The van der Waals surface area contributed by atoms with Crippen LogP contribution in [0.5, 0.6) is 0 Å². The van der Waals surface area contributed by atoms with E-state index in [1.165, 1.54) is 11.6 Å². The predicted molar refractivity (Wildman–Crippen MR) is 91.0 cm³/mol. The Hall–Kier alpha value is -2.88. The number of hydrogen-bond acceptors (Lipinski definition) is 2. The van der Waals surface area contributed by atoms with Crippen LogP contribution in [-0.4, -0.2) is 16.9 Å². The van der Waals surface area contributed by atoms with E-state index in [2.05, 4.69) is 11.1 Å². The molecule has 114 valence electrons. The molecule has 3 aromatic rings. The second-order valence-corrected chi connectivity index (χ2v) is 5.95. The van der Waals surface area contributed by atoms with Crippen LogP contribution in [0.3, 0.4) is 0 Å². The topological polar surface area (TPSA) is 53.2 Å². The molecule has 1 aliphatic heterocycles. The summed E-state index contributed by atoms with van der Waals surface area (Å²) in [7, 11) is 0. The minimum atomic E-state index is -0.257. The summed E-state index contributed by atoms with van der Waals surface area (Å²) in [5.74, 6) is -0.121. The van der Waals surface area contributed by atoms with Crippen molar-refractivity contribution in [3.63, 3.8) is 0 Å². The lowest BCUT2D eigenvalue weighted by Gasteiger charge is -2.23. The first-order chi connectivity index (χ1) is 11.1. The van der Waals surface area contributed by atoms with Gasteiger partial charge in [-0.05, 0) is 31.0 Å². The smallest absolute Gasteiger partial charge is 0.259 e. The molecule has 0 aliphatic carbocycles. The fourth-order valence-electron chi connectivity index (χ4n) is 3.39. The average molecular weight is 304 g/mol. The number of carbonyl (C=O) groups excluding carboxylic acids is 1. The first-order valence-electron chi connectivity index (χ1n) is 7.68. The fourth-order valence-corrected chi connectivity index (χ4v) is 3.39. The van der Waals surface area contributed by atoms with Gasteiger partial charge in [-0.2, -0.15) is 0 Å². The number of aromatic nitrogens is 1. The van der Waals surface area contributed by atoms with Crippen molar-refractivity contribution in [1.29, 1.82) is 0 Å². The zero-order valence-corrected chi connectivity index (χ0v) is 12.7. The molecule has 4 heteroatoms. The molecule has 1 aliphatic rings. The average Bonchev–Trinajstić information content (AvgIpc) is 2.89. The van der Waals surface area contributed by atoms with E-state index in [0.29, 0.717) is 11.1 Å². The van der Waals surface area contributed by atoms with Crippen LogP contribution in [0.4, 0.5) is 5.69 Å². The Morgan fingerprint density at radius 1 is 1.13 bits per heavy atom. The molecule has 1 aromatic heterocycles. The molecule has 4 nitrogen and oxygen atoms in total. The van der Waals surface area contributed by atoms with E-state index >= 15 is 0 Å². The van der Waals surface area contributed by atoms with Crippen molar-refractivity contribution >= 4 is 22.5 Å². The van der Waals surface area contributed by atoms with E-state index in [1.807, 2.05) is 49.4 Å². The van der Waals surface area contributed by atoms with Crippen LogP contribution in [0.15, 0.2) is 59.4 Å². The van der Waals surface area contributed by atoms with Gasteiger partial charge in [0.05, 0.1) is 5.56 Å². The highest BCUT2D eigenvalue weighted by Crippen LogP contribution is 2.33. The van der Waals surface area contributed by atoms with Gasteiger partial charge in [-0.1, -0.05) is 36.4 Å². The Morgan fingerprint density at radius 3 is 2.74 bits per heavy atom. The molecule has 0 bridgehead atoms. The zero-order chi connectivity index (χ0) is 16.0. The van der Waals surface area contributed by atoms with Crippen LogP contribution in [0.1, 0.15) is 22.8 Å². The van der Waals surface area contributed by atoms with Crippen LogP contribution in [0.25, 0.3) is 10.9 Å². The number of fused-ring (bicyclic) bond motifs is 2. The van der Waals surface area contributed by atoms with Crippen molar-refractivity contribution in [2.24, 2.45) is 0 Å². The molecule has 0 saturated heterocycles. The number of para-hydroxylation sites is 2. The maximum absolute atomic E-state index is 13.2. The van der Waals surface area contributed by atoms with Crippen molar-refractivity contribution in [1.82, 2.24) is 4.98 Å². The van der Waals surface area contributed by atoms with Crippen LogP contribution in [0.2, 0.25) is 0 Å². The number of aromatic amines is 1. The van der Waals surface area contributed by atoms with E-state index in [-0.39, 0.29) is 17.5 Å². The molecular formula is C19H16N2O2. The van der Waals surface area contributed by atoms with Gasteiger partial charge in [0.1, 0.15) is 0 Å². The van der Waals surface area contributed by atoms with Crippen molar-refractivity contribution in [2.75, 3.05) is 4.90 Å². The molecule has 2 aromatic carbocycles. The molecule has 23 heavy (non-hydrogen) atoms. The van der Waals surface area contributed by atoms with E-state index in [4.69, 9.17) is 0 Å². The summed E-state index contributed by atoms with van der Waals surface area (Å²) in [6, 6.07) is 16.8. The van der Waals surface area contributed by atoms with E-state index < -0.39 is 0 Å². The summed E-state index contributed by atoms with van der Waals surface area (Å²) in [6.45, 7) is 2.03. The van der Waals surface area contributed by atoms with Crippen molar-refractivity contribution < 1.29 is 4.79 Å². The standard InChI is InChI=1S/C19H16N2O2/c1-12-10-13-6-2-5-9-17(13)21(12)19(23)15-11-18(22)20-16-8-4-3-7-14(15)16/h2-9,11-12H,10H2,1H3,(H,20,22). The van der Waals surface area contributed by atoms with E-state index in [0.717, 1.165) is 17.5 Å². The number of rotatable bonds is 1. The highest BCUT2D eigenvalue weighted by molar-refractivity contribution is 6.14. The Morgan fingerprint density at radius 2 is 1.87 bits per heavy atom. The lowest BCUT2D eigenvalue weighted by molar-refractivity contribution is 0.0983. The molecular weight excluding hydrogens is 288 g/mol. The third-order valence-corrected chi connectivity index (χ3v) is 4.41. The van der Waals surface area contributed by atoms with Crippen molar-refractivity contribution in [3.05, 3.63) is 76.1 Å². The van der Waals surface area contributed by atoms with Gasteiger partial charge in [-0.25, -0.2) is 0 Å². The number of benzene rings is 2. The third-order valence-electron chi connectivity index (χ3n) is 4.41. The van der Waals surface area contributed by atoms with Gasteiger partial charge >= 0.3 is 0 Å². The lowest BCUT2D eigenvalue weighted by Crippen LogP contribution is -2.36. The molecule has 1 unspecified atom stereocenters. The molecule has 1 amide bonds. The summed E-state index contributed by atoms with van der Waals surface area (Å²) < 4.78 is 0. The van der Waals surface area contributed by atoms with Crippen molar-refractivity contribution in [3.8, 4) is 0 Å². The predicted octanol–water partition coefficient (Wildman–Crippen LogP) is 3.12. The molecule has 2 heterocycles. The summed E-state index contributed by atoms with van der Waals surface area (Å²) in [5, 5.41) is 0.772. The molecule has 1 atom stereocenters. The first kappa shape index (κ1) is 13.8. The highest BCUT2D eigenvalue weighted by Gasteiger charge is 2.32. The lowest BCUT2D eigenvalue weighted by atomic mass is 10.1. The summed E-state index contributed by atoms with van der Waals surface area (Å²) in [5.41, 5.74) is 2.99. The Balaban J connectivity index is 1.89. The van der Waals surface area contributed by atoms with E-state index in [1.54, 1.807) is 4.90 Å². The van der Waals surface area contributed by atoms with Gasteiger partial charge in [0.25, 0.3) is 5.91 Å². The molecule has 0 spiro atoms. The minimum absolute atomic E-state index is 0.0814. The number of nitrogens with one attached hydrogen (secondary N) is 1. The Kier molecular flexibility index (Phi) is 3.05. The largest absolute Gasteiger partial charge is 0.322 e. The number of hydrogen-bond donors (Lipinski definition) is 1. The zero-order valence-electron chi connectivity index (χ0n) is 12.7. The second-order valence-electron chi connectivity index (χ2n) is 5.95. The summed E-state index contributed by atoms with van der Waals surface area (Å²) >= 11 is 0. The molecule has 0 fully saturated rings. The SMILES string of the molecule is CC1Cc2ccccc2N1C(=O)c1cc(=O)[nH]c2ccccc12. The van der Waals surface area contributed by atoms with Gasteiger partial charge in [0.15, 0.2) is 0 Å². The number of amides is 1. The maximum atomic E-state index is 13.2. The fraction of sp³-hybridized carbons (Fsp3) is 0.158. The number of H-pyrrole nitrogens is 1. The third kappa shape index (κ3) is 2.14. The molecule has 4 rings (SSSR count). The van der Waals surface area contributed by atoms with Crippen LogP contribution in [0, 0.1) is 0 Å². The Bertz CT molecular complexity index is 974. The highest BCUT2D eigenvalue weighted by atomic mass is 16.2. The van der Waals surface area contributed by atoms with Crippen LogP contribution >= 0.6 is 0 Å². The van der Waals surface area contributed by atoms with Gasteiger partial charge in [-0.3, -0.25) is 9.59 Å². The second kappa shape index (κ2) is 5.09. The quantitative estimate of drug-likeness (QED) is 0.751. The molecule has 0 radical (unpaired) electrons. The summed E-state index contributed by atoms with van der Waals surface area (Å²) in [4.78, 5) is 29.7. The van der Waals surface area contributed by atoms with Gasteiger partial charge in [-0.15, -0.1) is 0 Å². The van der Waals surface area contributed by atoms with Crippen molar-refractivity contribution in [2.45, 2.75) is 19.4 Å². The maximum Gasteiger partial charge on any atom is 0.259 e. The minimum Gasteiger partial charge on any atom is -0.322 e. The number of pyridine rings is 1. The number of carbonyl (C=O) groups is 1. The monoisotopic (exact) mass is 304 g/mol. The molecule has 1 N–H and O–H groups in total. The summed E-state index contributed by atoms with van der Waals surface area (Å²) in [6.07, 6.45) is 0.836.